The lowest BCUT2D eigenvalue weighted by Crippen LogP contribution is -2.45. The largest absolute Gasteiger partial charge is 0.438 e. The molecule has 2 aliphatic rings. The predicted octanol–water partition coefficient (Wildman–Crippen LogP) is 4.52. The van der Waals surface area contributed by atoms with Crippen LogP contribution in [0, 0.1) is 11.6 Å². The number of fused-ring (bicyclic) bond motifs is 1. The first-order valence-electron chi connectivity index (χ1n) is 12.0. The quantitative estimate of drug-likeness (QED) is 0.460. The number of halogens is 5. The molecule has 1 aromatic heterocycles. The molecule has 3 heterocycles. The van der Waals surface area contributed by atoms with Gasteiger partial charge in [-0.1, -0.05) is 6.07 Å². The van der Waals surface area contributed by atoms with Crippen LogP contribution in [0.25, 0.3) is 0 Å². The van der Waals surface area contributed by atoms with Gasteiger partial charge in [0.2, 0.25) is 11.8 Å². The normalized spacial score (nSPS) is 16.4. The topological polar surface area (TPSA) is 61.8 Å². The minimum Gasteiger partial charge on any atom is -0.438 e. The van der Waals surface area contributed by atoms with Gasteiger partial charge in [-0.05, 0) is 37.4 Å². The molecule has 0 atom stereocenters. The van der Waals surface area contributed by atoms with Crippen molar-refractivity contribution in [1.29, 1.82) is 0 Å². The van der Waals surface area contributed by atoms with E-state index < -0.39 is 29.3 Å². The zero-order chi connectivity index (χ0) is 27.0. The number of amides is 1. The van der Waals surface area contributed by atoms with E-state index in [9.17, 15) is 26.7 Å². The second-order valence-electron chi connectivity index (χ2n) is 9.28. The number of benzene rings is 2. The molecule has 1 fully saturated rings. The Morgan fingerprint density at radius 2 is 1.71 bits per heavy atom. The molecule has 0 unspecified atom stereocenters. The molecular formula is C26H24F5N5O2. The Morgan fingerprint density at radius 3 is 2.42 bits per heavy atom. The molecule has 7 nitrogen and oxygen atoms in total. The van der Waals surface area contributed by atoms with E-state index >= 15 is 0 Å². The van der Waals surface area contributed by atoms with Crippen LogP contribution in [0.4, 0.5) is 27.9 Å². The van der Waals surface area contributed by atoms with Gasteiger partial charge in [-0.3, -0.25) is 4.79 Å². The van der Waals surface area contributed by atoms with Crippen molar-refractivity contribution in [1.82, 2.24) is 19.8 Å². The van der Waals surface area contributed by atoms with Crippen LogP contribution in [0.2, 0.25) is 0 Å². The lowest BCUT2D eigenvalue weighted by molar-refractivity contribution is -0.137. The average Bonchev–Trinajstić information content (AvgIpc) is 2.90. The Balaban J connectivity index is 1.47. The first kappa shape index (κ1) is 25.8. The maximum Gasteiger partial charge on any atom is 0.416 e. The lowest BCUT2D eigenvalue weighted by atomic mass is 10.0. The number of carbonyl (C=O) groups excluding carboxylic acids is 1. The van der Waals surface area contributed by atoms with Crippen LogP contribution in [-0.4, -0.2) is 65.4 Å². The maximum absolute atomic E-state index is 13.9. The third-order valence-corrected chi connectivity index (χ3v) is 6.63. The molecule has 2 aromatic carbocycles. The van der Waals surface area contributed by atoms with E-state index in [2.05, 4.69) is 9.88 Å². The summed E-state index contributed by atoms with van der Waals surface area (Å²) in [6, 6.07) is 7.34. The highest BCUT2D eigenvalue weighted by atomic mass is 19.4. The molecule has 0 N–H and O–H groups in total. The number of hydrogen-bond donors (Lipinski definition) is 0. The fourth-order valence-electron chi connectivity index (χ4n) is 4.44. The van der Waals surface area contributed by atoms with Gasteiger partial charge in [0.25, 0.3) is 5.91 Å². The van der Waals surface area contributed by atoms with Gasteiger partial charge in [0.15, 0.2) is 11.6 Å². The van der Waals surface area contributed by atoms with Crippen molar-refractivity contribution in [2.24, 2.45) is 0 Å². The van der Waals surface area contributed by atoms with Gasteiger partial charge in [0.05, 0.1) is 23.4 Å². The Labute approximate surface area is 215 Å². The number of alkyl halides is 3. The molecule has 38 heavy (non-hydrogen) atoms. The smallest absolute Gasteiger partial charge is 0.416 e. The molecule has 3 aromatic rings. The third-order valence-electron chi connectivity index (χ3n) is 6.63. The van der Waals surface area contributed by atoms with Crippen LogP contribution in [-0.2, 0) is 19.1 Å². The summed E-state index contributed by atoms with van der Waals surface area (Å²) in [5.74, 6) is -2.19. The van der Waals surface area contributed by atoms with Gasteiger partial charge in [-0.15, -0.1) is 0 Å². The van der Waals surface area contributed by atoms with Gasteiger partial charge >= 0.3 is 6.18 Å². The molecule has 0 saturated carbocycles. The van der Waals surface area contributed by atoms with Crippen molar-refractivity contribution in [3.63, 3.8) is 0 Å². The van der Waals surface area contributed by atoms with E-state index in [0.717, 1.165) is 37.4 Å². The fraction of sp³-hybridized carbons (Fsp3) is 0.346. The number of nitrogens with zero attached hydrogens (tertiary/aromatic N) is 5. The van der Waals surface area contributed by atoms with Gasteiger partial charge in [-0.2, -0.15) is 18.2 Å². The SMILES string of the molecule is CN1CCN(c2nc3c(c(Oc4ccc(F)c(F)c4)n2)CN(C(=O)c2cccc(C(F)(F)F)c2)CC3)CC1. The Morgan fingerprint density at radius 1 is 0.947 bits per heavy atom. The van der Waals surface area contributed by atoms with E-state index in [1.54, 1.807) is 0 Å². The molecule has 12 heteroatoms. The second kappa shape index (κ2) is 10.2. The van der Waals surface area contributed by atoms with Crippen molar-refractivity contribution in [2.45, 2.75) is 19.1 Å². The lowest BCUT2D eigenvalue weighted by Gasteiger charge is -2.34. The first-order chi connectivity index (χ1) is 18.1. The van der Waals surface area contributed by atoms with Crippen LogP contribution in [0.15, 0.2) is 42.5 Å². The van der Waals surface area contributed by atoms with Crippen LogP contribution in [0.3, 0.4) is 0 Å². The van der Waals surface area contributed by atoms with E-state index in [4.69, 9.17) is 9.72 Å². The van der Waals surface area contributed by atoms with E-state index in [-0.39, 0.29) is 30.3 Å². The number of ether oxygens (including phenoxy) is 1. The highest BCUT2D eigenvalue weighted by molar-refractivity contribution is 5.94. The van der Waals surface area contributed by atoms with Crippen LogP contribution < -0.4 is 9.64 Å². The van der Waals surface area contributed by atoms with E-state index in [1.807, 2.05) is 11.9 Å². The number of carbonyl (C=O) groups is 1. The first-order valence-corrected chi connectivity index (χ1v) is 12.0. The minimum atomic E-state index is -4.58. The van der Waals surface area contributed by atoms with Crippen molar-refractivity contribution in [2.75, 3.05) is 44.7 Å². The summed E-state index contributed by atoms with van der Waals surface area (Å²) in [6.07, 6.45) is -4.26. The van der Waals surface area contributed by atoms with Gasteiger partial charge in [0.1, 0.15) is 5.75 Å². The number of anilines is 1. The number of aromatic nitrogens is 2. The number of likely N-dealkylation sites (N-methyl/N-ethyl adjacent to an activating group) is 1. The molecule has 0 aliphatic carbocycles. The van der Waals surface area contributed by atoms with Crippen LogP contribution >= 0.6 is 0 Å². The van der Waals surface area contributed by atoms with Crippen LogP contribution in [0.5, 0.6) is 11.6 Å². The van der Waals surface area contributed by atoms with Crippen molar-refractivity contribution >= 4 is 11.9 Å². The summed E-state index contributed by atoms with van der Waals surface area (Å²) in [5.41, 5.74) is 0.0726. The molecular weight excluding hydrogens is 509 g/mol. The minimum absolute atomic E-state index is 0.00968. The van der Waals surface area contributed by atoms with E-state index in [1.165, 1.54) is 23.1 Å². The van der Waals surface area contributed by atoms with Crippen molar-refractivity contribution < 1.29 is 31.5 Å². The van der Waals surface area contributed by atoms with Gasteiger partial charge in [-0.25, -0.2) is 13.8 Å². The van der Waals surface area contributed by atoms with Crippen LogP contribution in [0.1, 0.15) is 27.2 Å². The van der Waals surface area contributed by atoms with Gasteiger partial charge in [0, 0.05) is 50.8 Å². The summed E-state index contributed by atoms with van der Waals surface area (Å²) < 4.78 is 72.8. The summed E-state index contributed by atoms with van der Waals surface area (Å²) in [6.45, 7) is 3.18. The zero-order valence-electron chi connectivity index (χ0n) is 20.4. The summed E-state index contributed by atoms with van der Waals surface area (Å²) in [4.78, 5) is 28.0. The maximum atomic E-state index is 13.9. The zero-order valence-corrected chi connectivity index (χ0v) is 20.4. The molecule has 2 aliphatic heterocycles. The average molecular weight is 534 g/mol. The summed E-state index contributed by atoms with van der Waals surface area (Å²) in [5, 5.41) is 0. The Hall–Kier alpha value is -3.80. The molecule has 1 amide bonds. The molecule has 200 valence electrons. The Kier molecular flexibility index (Phi) is 6.91. The van der Waals surface area contributed by atoms with Crippen molar-refractivity contribution in [3.05, 3.63) is 76.5 Å². The van der Waals surface area contributed by atoms with E-state index in [0.29, 0.717) is 36.7 Å². The number of hydrogen-bond acceptors (Lipinski definition) is 6. The highest BCUT2D eigenvalue weighted by Crippen LogP contribution is 2.34. The highest BCUT2D eigenvalue weighted by Gasteiger charge is 2.33. The fourth-order valence-corrected chi connectivity index (χ4v) is 4.44. The number of piperazine rings is 1. The predicted molar refractivity (Wildman–Crippen MR) is 128 cm³/mol. The summed E-state index contributed by atoms with van der Waals surface area (Å²) in [7, 11) is 2.01. The molecule has 0 radical (unpaired) electrons. The number of rotatable bonds is 4. The van der Waals surface area contributed by atoms with Gasteiger partial charge < -0.3 is 19.4 Å². The van der Waals surface area contributed by atoms with Crippen molar-refractivity contribution in [3.8, 4) is 11.6 Å². The standard InChI is InChI=1S/C26H24F5N5O2/c1-34-9-11-35(12-10-34)25-32-22-7-8-36(24(37)16-3-2-4-17(13-16)26(29,30)31)15-19(22)23(33-25)38-18-5-6-20(27)21(28)14-18/h2-6,13-14H,7-12,15H2,1H3. The second-order valence-corrected chi connectivity index (χ2v) is 9.28. The third kappa shape index (κ3) is 5.40. The summed E-state index contributed by atoms with van der Waals surface area (Å²) >= 11 is 0. The Bertz CT molecular complexity index is 1360. The molecule has 0 spiro atoms. The molecule has 0 bridgehead atoms. The monoisotopic (exact) mass is 533 g/mol. The molecule has 1 saturated heterocycles. The molecule has 5 rings (SSSR count).